The summed E-state index contributed by atoms with van der Waals surface area (Å²) in [5.74, 6) is 0. The van der Waals surface area contributed by atoms with Crippen molar-refractivity contribution in [2.24, 2.45) is 10.6 Å². The number of nitrogens with two attached hydrogens (primary N) is 1. The van der Waals surface area contributed by atoms with Crippen LogP contribution < -0.4 is 10.5 Å². The number of nitrogens with one attached hydrogen (secondary N) is 1. The summed E-state index contributed by atoms with van der Waals surface area (Å²) in [7, 11) is -3.64. The van der Waals surface area contributed by atoms with Crippen LogP contribution in [0, 0.1) is 12.3 Å². The number of primary sulfonamides is 1. The highest BCUT2D eigenvalue weighted by molar-refractivity contribution is 7.89. The molecule has 0 atom stereocenters. The van der Waals surface area contributed by atoms with Gasteiger partial charge in [0.1, 0.15) is 0 Å². The number of benzene rings is 1. The SMILES string of the molecule is Cc1ccc(S(N)(=O)=O)cc1NCCC(C)(C)C. The zero-order valence-electron chi connectivity index (χ0n) is 11.4. The van der Waals surface area contributed by atoms with Crippen molar-refractivity contribution in [3.8, 4) is 0 Å². The number of sulfonamides is 1. The van der Waals surface area contributed by atoms with Crippen LogP contribution >= 0.6 is 0 Å². The van der Waals surface area contributed by atoms with E-state index in [1.54, 1.807) is 12.1 Å². The van der Waals surface area contributed by atoms with Crippen molar-refractivity contribution in [3.05, 3.63) is 23.8 Å². The summed E-state index contributed by atoms with van der Waals surface area (Å²) in [6.07, 6.45) is 1.01. The molecule has 0 spiro atoms. The minimum absolute atomic E-state index is 0.145. The van der Waals surface area contributed by atoms with Crippen molar-refractivity contribution in [2.75, 3.05) is 11.9 Å². The number of anilines is 1. The third-order valence-electron chi connectivity index (χ3n) is 2.73. The molecule has 0 fully saturated rings. The van der Waals surface area contributed by atoms with E-state index in [0.29, 0.717) is 0 Å². The number of hydrogen-bond acceptors (Lipinski definition) is 3. The highest BCUT2D eigenvalue weighted by Gasteiger charge is 2.12. The highest BCUT2D eigenvalue weighted by atomic mass is 32.2. The molecule has 0 amide bonds. The maximum Gasteiger partial charge on any atom is 0.238 e. The third kappa shape index (κ3) is 4.66. The van der Waals surface area contributed by atoms with Gasteiger partial charge in [-0.15, -0.1) is 0 Å². The summed E-state index contributed by atoms with van der Waals surface area (Å²) in [5, 5.41) is 8.38. The molecule has 5 heteroatoms. The molecule has 1 rings (SSSR count). The average molecular weight is 270 g/mol. The fraction of sp³-hybridized carbons (Fsp3) is 0.538. The van der Waals surface area contributed by atoms with E-state index in [1.165, 1.54) is 6.07 Å². The van der Waals surface area contributed by atoms with Crippen LogP contribution in [-0.4, -0.2) is 15.0 Å². The van der Waals surface area contributed by atoms with Crippen LogP contribution in [0.4, 0.5) is 5.69 Å². The summed E-state index contributed by atoms with van der Waals surface area (Å²) in [6.45, 7) is 9.25. The Morgan fingerprint density at radius 3 is 2.39 bits per heavy atom. The fourth-order valence-electron chi connectivity index (χ4n) is 1.54. The summed E-state index contributed by atoms with van der Waals surface area (Å²) in [4.78, 5) is 0.145. The minimum atomic E-state index is -3.64. The second-order valence-electron chi connectivity index (χ2n) is 5.76. The van der Waals surface area contributed by atoms with Crippen LogP contribution in [0.2, 0.25) is 0 Å². The smallest absolute Gasteiger partial charge is 0.238 e. The molecule has 1 aromatic carbocycles. The molecule has 0 aliphatic heterocycles. The Labute approximate surface area is 110 Å². The Morgan fingerprint density at radius 2 is 1.89 bits per heavy atom. The van der Waals surface area contributed by atoms with Crippen LogP contribution in [0.3, 0.4) is 0 Å². The number of aryl methyl sites for hydroxylation is 1. The molecular weight excluding hydrogens is 248 g/mol. The summed E-state index contributed by atoms with van der Waals surface area (Å²) in [6, 6.07) is 4.88. The Bertz CT molecular complexity index is 516. The van der Waals surface area contributed by atoms with Crippen molar-refractivity contribution >= 4 is 15.7 Å². The first-order chi connectivity index (χ1) is 8.09. The van der Waals surface area contributed by atoms with Crippen molar-refractivity contribution in [2.45, 2.75) is 39.0 Å². The lowest BCUT2D eigenvalue weighted by Gasteiger charge is -2.19. The zero-order chi connectivity index (χ0) is 14.0. The third-order valence-corrected chi connectivity index (χ3v) is 3.64. The molecule has 0 aromatic heterocycles. The molecule has 18 heavy (non-hydrogen) atoms. The van der Waals surface area contributed by atoms with E-state index in [-0.39, 0.29) is 10.3 Å². The first-order valence-corrected chi connectivity index (χ1v) is 7.51. The van der Waals surface area contributed by atoms with Crippen molar-refractivity contribution in [1.82, 2.24) is 0 Å². The van der Waals surface area contributed by atoms with Crippen molar-refractivity contribution < 1.29 is 8.42 Å². The van der Waals surface area contributed by atoms with E-state index in [2.05, 4.69) is 26.1 Å². The first kappa shape index (κ1) is 15.0. The average Bonchev–Trinajstić information content (AvgIpc) is 2.17. The lowest BCUT2D eigenvalue weighted by atomic mass is 9.92. The second kappa shape index (κ2) is 5.28. The summed E-state index contributed by atoms with van der Waals surface area (Å²) < 4.78 is 22.6. The van der Waals surface area contributed by atoms with Gasteiger partial charge in [-0.1, -0.05) is 26.8 Å². The van der Waals surface area contributed by atoms with Gasteiger partial charge >= 0.3 is 0 Å². The lowest BCUT2D eigenvalue weighted by Crippen LogP contribution is -2.15. The quantitative estimate of drug-likeness (QED) is 0.883. The second-order valence-corrected chi connectivity index (χ2v) is 7.32. The molecule has 3 N–H and O–H groups in total. The molecule has 0 heterocycles. The number of hydrogen-bond donors (Lipinski definition) is 2. The van der Waals surface area contributed by atoms with Gasteiger partial charge in [-0.3, -0.25) is 0 Å². The molecule has 0 aliphatic carbocycles. The normalized spacial score (nSPS) is 12.5. The Balaban J connectivity index is 2.83. The Kier molecular flexibility index (Phi) is 4.40. The molecule has 1 aromatic rings. The van der Waals surface area contributed by atoms with Crippen LogP contribution in [0.25, 0.3) is 0 Å². The van der Waals surface area contributed by atoms with E-state index < -0.39 is 10.0 Å². The Morgan fingerprint density at radius 1 is 1.28 bits per heavy atom. The lowest BCUT2D eigenvalue weighted by molar-refractivity contribution is 0.390. The van der Waals surface area contributed by atoms with Gasteiger partial charge in [-0.05, 0) is 36.5 Å². The van der Waals surface area contributed by atoms with E-state index in [9.17, 15) is 8.42 Å². The topological polar surface area (TPSA) is 72.2 Å². The summed E-state index contributed by atoms with van der Waals surface area (Å²) >= 11 is 0. The maximum absolute atomic E-state index is 11.3. The van der Waals surface area contributed by atoms with Gasteiger partial charge in [0.05, 0.1) is 4.90 Å². The number of rotatable bonds is 4. The van der Waals surface area contributed by atoms with E-state index in [0.717, 1.165) is 24.2 Å². The zero-order valence-corrected chi connectivity index (χ0v) is 12.3. The standard InChI is InChI=1S/C13H22N2O2S/c1-10-5-6-11(18(14,16)17)9-12(10)15-8-7-13(2,3)4/h5-6,9,15H,7-8H2,1-4H3,(H2,14,16,17). The Hall–Kier alpha value is -1.07. The van der Waals surface area contributed by atoms with E-state index in [4.69, 9.17) is 5.14 Å². The van der Waals surface area contributed by atoms with Gasteiger partial charge in [-0.25, -0.2) is 13.6 Å². The molecule has 0 saturated carbocycles. The molecule has 0 unspecified atom stereocenters. The van der Waals surface area contributed by atoms with Crippen LogP contribution in [0.5, 0.6) is 0 Å². The molecular formula is C13H22N2O2S. The van der Waals surface area contributed by atoms with Crippen LogP contribution in [-0.2, 0) is 10.0 Å². The van der Waals surface area contributed by atoms with Gasteiger partial charge in [0.2, 0.25) is 10.0 Å². The maximum atomic E-state index is 11.3. The predicted octanol–water partition coefficient (Wildman–Crippen LogP) is 2.49. The molecule has 0 saturated heterocycles. The minimum Gasteiger partial charge on any atom is -0.385 e. The van der Waals surface area contributed by atoms with Crippen LogP contribution in [0.15, 0.2) is 23.1 Å². The van der Waals surface area contributed by atoms with Crippen molar-refractivity contribution in [3.63, 3.8) is 0 Å². The summed E-state index contributed by atoms with van der Waals surface area (Å²) in [5.41, 5.74) is 2.08. The molecule has 0 radical (unpaired) electrons. The van der Waals surface area contributed by atoms with Gasteiger partial charge in [0.25, 0.3) is 0 Å². The predicted molar refractivity (Wildman–Crippen MR) is 75.1 cm³/mol. The van der Waals surface area contributed by atoms with Gasteiger partial charge in [0.15, 0.2) is 0 Å². The molecule has 102 valence electrons. The van der Waals surface area contributed by atoms with Crippen LogP contribution in [0.1, 0.15) is 32.8 Å². The largest absolute Gasteiger partial charge is 0.385 e. The van der Waals surface area contributed by atoms with E-state index in [1.807, 2.05) is 6.92 Å². The van der Waals surface area contributed by atoms with Gasteiger partial charge in [0, 0.05) is 12.2 Å². The van der Waals surface area contributed by atoms with Gasteiger partial charge < -0.3 is 5.32 Å². The van der Waals surface area contributed by atoms with Crippen molar-refractivity contribution in [1.29, 1.82) is 0 Å². The molecule has 4 nitrogen and oxygen atoms in total. The molecule has 0 aliphatic rings. The monoisotopic (exact) mass is 270 g/mol. The molecule has 0 bridgehead atoms. The highest BCUT2D eigenvalue weighted by Crippen LogP contribution is 2.22. The first-order valence-electron chi connectivity index (χ1n) is 5.97. The fourth-order valence-corrected chi connectivity index (χ4v) is 2.08. The van der Waals surface area contributed by atoms with Gasteiger partial charge in [-0.2, -0.15) is 0 Å². The van der Waals surface area contributed by atoms with E-state index >= 15 is 0 Å².